The minimum Gasteiger partial charge on any atom is -0.508 e. The van der Waals surface area contributed by atoms with E-state index in [2.05, 4.69) is 29.9 Å². The van der Waals surface area contributed by atoms with Gasteiger partial charge in [0.1, 0.15) is 5.75 Å². The van der Waals surface area contributed by atoms with Crippen LogP contribution in [0.4, 0.5) is 0 Å². The number of phenolic OH excluding ortho intramolecular Hbond substituents is 1. The minimum atomic E-state index is -1.81. The number of nitrogens with one attached hydrogen (secondary N) is 2. The Kier molecular flexibility index (Phi) is 5.84. The summed E-state index contributed by atoms with van der Waals surface area (Å²) < 4.78 is 0. The maximum absolute atomic E-state index is 13.6. The number of aliphatic hydroxyl groups is 1. The number of benzene rings is 3. The number of rotatable bonds is 5. The molecule has 4 N–H and O–H groups in total. The molecule has 0 unspecified atom stereocenters. The van der Waals surface area contributed by atoms with Crippen LogP contribution in [0.25, 0.3) is 0 Å². The van der Waals surface area contributed by atoms with Crippen molar-refractivity contribution in [3.8, 4) is 5.75 Å². The molecule has 0 aromatic heterocycles. The van der Waals surface area contributed by atoms with Gasteiger partial charge in [0.05, 0.1) is 0 Å². The molecule has 37 heavy (non-hydrogen) atoms. The zero-order valence-electron chi connectivity index (χ0n) is 21.2. The highest BCUT2D eigenvalue weighted by Crippen LogP contribution is 2.60. The summed E-state index contributed by atoms with van der Waals surface area (Å²) in [7, 11) is 0. The Morgan fingerprint density at radius 1 is 0.973 bits per heavy atom. The summed E-state index contributed by atoms with van der Waals surface area (Å²) in [4.78, 5) is 13.6. The quantitative estimate of drug-likeness (QED) is 0.363. The number of allylic oxidation sites excluding steroid dienone is 2. The molecule has 5 heteroatoms. The Morgan fingerprint density at radius 3 is 2.32 bits per heavy atom. The Hall–Kier alpha value is -3.57. The Balaban J connectivity index is 1.21. The van der Waals surface area contributed by atoms with Crippen LogP contribution in [-0.2, 0) is 16.8 Å². The molecule has 0 aliphatic heterocycles. The van der Waals surface area contributed by atoms with Crippen LogP contribution in [0, 0.1) is 17.3 Å². The van der Waals surface area contributed by atoms with E-state index in [0.717, 1.165) is 37.8 Å². The Labute approximate surface area is 218 Å². The summed E-state index contributed by atoms with van der Waals surface area (Å²) in [6.07, 6.45) is 7.44. The van der Waals surface area contributed by atoms with Crippen molar-refractivity contribution >= 4 is 5.91 Å². The van der Waals surface area contributed by atoms with Gasteiger partial charge in [0, 0.05) is 11.1 Å². The van der Waals surface area contributed by atoms with E-state index in [1.54, 1.807) is 24.3 Å². The lowest BCUT2D eigenvalue weighted by Crippen LogP contribution is -2.52. The Morgan fingerprint density at radius 2 is 1.65 bits per heavy atom. The molecule has 1 fully saturated rings. The van der Waals surface area contributed by atoms with Crippen LogP contribution in [-0.4, -0.2) is 16.1 Å². The summed E-state index contributed by atoms with van der Waals surface area (Å²) >= 11 is 0. The van der Waals surface area contributed by atoms with Crippen LogP contribution in [0.3, 0.4) is 0 Å². The van der Waals surface area contributed by atoms with Crippen LogP contribution in [0.2, 0.25) is 0 Å². The molecular formula is C32H34N2O3. The summed E-state index contributed by atoms with van der Waals surface area (Å²) in [5, 5.41) is 21.7. The number of carbonyl (C=O) groups excluding carboxylic acids is 1. The third-order valence-corrected chi connectivity index (χ3v) is 9.31. The SMILES string of the molecule is C[C@@]12CC[C@@H]3c4ccc(O)cc4CC[C@@H]3[C@@H]1CC=C2NNC(=O)C(O)(c1ccccc1)c1ccccc1. The van der Waals surface area contributed by atoms with Gasteiger partial charge in [-0.15, -0.1) is 0 Å². The number of hydrogen-bond donors (Lipinski definition) is 4. The third kappa shape index (κ3) is 3.84. The molecule has 1 saturated carbocycles. The lowest BCUT2D eigenvalue weighted by molar-refractivity contribution is -0.137. The molecule has 4 atom stereocenters. The van der Waals surface area contributed by atoms with Crippen molar-refractivity contribution in [2.75, 3.05) is 0 Å². The van der Waals surface area contributed by atoms with Gasteiger partial charge in [0.2, 0.25) is 0 Å². The fraction of sp³-hybridized carbons (Fsp3) is 0.344. The van der Waals surface area contributed by atoms with Crippen LogP contribution in [0.1, 0.15) is 60.8 Å². The van der Waals surface area contributed by atoms with E-state index in [0.29, 0.717) is 34.6 Å². The fourth-order valence-corrected chi connectivity index (χ4v) is 7.33. The lowest BCUT2D eigenvalue weighted by atomic mass is 9.55. The molecule has 0 radical (unpaired) electrons. The maximum atomic E-state index is 13.6. The molecular weight excluding hydrogens is 460 g/mol. The second-order valence-electron chi connectivity index (χ2n) is 11.1. The number of aryl methyl sites for hydroxylation is 1. The summed E-state index contributed by atoms with van der Waals surface area (Å²) in [5.41, 5.74) is 9.06. The fourth-order valence-electron chi connectivity index (χ4n) is 7.33. The zero-order valence-corrected chi connectivity index (χ0v) is 21.2. The molecule has 0 spiro atoms. The predicted molar refractivity (Wildman–Crippen MR) is 143 cm³/mol. The van der Waals surface area contributed by atoms with Crippen molar-refractivity contribution in [1.82, 2.24) is 10.9 Å². The monoisotopic (exact) mass is 494 g/mol. The summed E-state index contributed by atoms with van der Waals surface area (Å²) in [6, 6.07) is 24.1. The maximum Gasteiger partial charge on any atom is 0.279 e. The van der Waals surface area contributed by atoms with Crippen molar-refractivity contribution in [3.63, 3.8) is 0 Å². The summed E-state index contributed by atoms with van der Waals surface area (Å²) in [6.45, 7) is 2.32. The average molecular weight is 495 g/mol. The topological polar surface area (TPSA) is 81.6 Å². The normalized spacial score (nSPS) is 26.3. The Bertz CT molecular complexity index is 1300. The first kappa shape index (κ1) is 23.8. The van der Waals surface area contributed by atoms with Crippen molar-refractivity contribution in [2.45, 2.75) is 50.5 Å². The number of amides is 1. The van der Waals surface area contributed by atoms with Gasteiger partial charge in [-0.2, -0.15) is 0 Å². The zero-order chi connectivity index (χ0) is 25.6. The molecule has 1 amide bonds. The number of carbonyl (C=O) groups is 1. The van der Waals surface area contributed by atoms with Gasteiger partial charge in [-0.05, 0) is 84.2 Å². The highest BCUT2D eigenvalue weighted by molar-refractivity contribution is 5.89. The smallest absolute Gasteiger partial charge is 0.279 e. The molecule has 3 aliphatic rings. The van der Waals surface area contributed by atoms with E-state index in [-0.39, 0.29) is 5.41 Å². The molecule has 190 valence electrons. The second kappa shape index (κ2) is 9.07. The molecule has 3 aromatic rings. The predicted octanol–water partition coefficient (Wildman–Crippen LogP) is 5.30. The van der Waals surface area contributed by atoms with Crippen molar-refractivity contribution in [3.05, 3.63) is 113 Å². The van der Waals surface area contributed by atoms with E-state index in [1.165, 1.54) is 11.1 Å². The van der Waals surface area contributed by atoms with E-state index in [1.807, 2.05) is 48.5 Å². The number of hydrazine groups is 1. The number of phenols is 1. The average Bonchev–Trinajstić information content (AvgIpc) is 3.28. The highest BCUT2D eigenvalue weighted by Gasteiger charge is 2.52. The van der Waals surface area contributed by atoms with Crippen molar-refractivity contribution in [2.24, 2.45) is 17.3 Å². The van der Waals surface area contributed by atoms with Crippen LogP contribution in [0.5, 0.6) is 5.75 Å². The van der Waals surface area contributed by atoms with E-state index in [4.69, 9.17) is 0 Å². The first-order valence-electron chi connectivity index (χ1n) is 13.3. The first-order valence-corrected chi connectivity index (χ1v) is 13.3. The third-order valence-electron chi connectivity index (χ3n) is 9.31. The van der Waals surface area contributed by atoms with E-state index in [9.17, 15) is 15.0 Å². The summed E-state index contributed by atoms with van der Waals surface area (Å²) in [5.74, 6) is 1.44. The van der Waals surface area contributed by atoms with Crippen LogP contribution >= 0.6 is 0 Å². The van der Waals surface area contributed by atoms with Gasteiger partial charge in [0.25, 0.3) is 5.91 Å². The number of fused-ring (bicyclic) bond motifs is 5. The largest absolute Gasteiger partial charge is 0.508 e. The van der Waals surface area contributed by atoms with Gasteiger partial charge in [-0.1, -0.05) is 79.7 Å². The standard InChI is InChI=1S/C32H34N2O3/c1-31-19-18-26-25-15-13-24(35)20-21(25)12-14-27(26)28(31)16-17-29(31)33-34-30(36)32(37,22-8-4-2-5-9-22)23-10-6-3-7-11-23/h2-11,13,15,17,20,26-28,33,35,37H,12,14,16,18-19H2,1H3,(H,34,36)/t26-,27+,28+,31-/m1/s1. The van der Waals surface area contributed by atoms with Crippen LogP contribution < -0.4 is 10.9 Å². The highest BCUT2D eigenvalue weighted by atomic mass is 16.3. The molecule has 0 saturated heterocycles. The molecule has 6 rings (SSSR count). The van der Waals surface area contributed by atoms with Gasteiger partial charge < -0.3 is 15.6 Å². The molecule has 0 heterocycles. The van der Waals surface area contributed by atoms with Crippen LogP contribution in [0.15, 0.2) is 90.6 Å². The number of hydrogen-bond acceptors (Lipinski definition) is 4. The van der Waals surface area contributed by atoms with Gasteiger partial charge in [0.15, 0.2) is 5.60 Å². The minimum absolute atomic E-state index is 0.0551. The molecule has 3 aliphatic carbocycles. The molecule has 0 bridgehead atoms. The van der Waals surface area contributed by atoms with Crippen molar-refractivity contribution < 1.29 is 15.0 Å². The van der Waals surface area contributed by atoms with Crippen molar-refractivity contribution in [1.29, 1.82) is 0 Å². The second-order valence-corrected chi connectivity index (χ2v) is 11.1. The lowest BCUT2D eigenvalue weighted by Gasteiger charge is -2.50. The van der Waals surface area contributed by atoms with Gasteiger partial charge in [-0.3, -0.25) is 10.2 Å². The molecule has 5 nitrogen and oxygen atoms in total. The van der Waals surface area contributed by atoms with Gasteiger partial charge >= 0.3 is 0 Å². The van der Waals surface area contributed by atoms with Gasteiger partial charge in [-0.25, -0.2) is 0 Å². The molecule has 3 aromatic carbocycles. The first-order chi connectivity index (χ1) is 17.9. The van der Waals surface area contributed by atoms with E-state index >= 15 is 0 Å². The number of aromatic hydroxyl groups is 1. The van der Waals surface area contributed by atoms with E-state index < -0.39 is 11.5 Å².